The monoisotopic (exact) mass is 530 g/mol. The van der Waals surface area contributed by atoms with Gasteiger partial charge >= 0.3 is 0 Å². The number of benzene rings is 5. The summed E-state index contributed by atoms with van der Waals surface area (Å²) in [5, 5.41) is 0. The van der Waals surface area contributed by atoms with Crippen LogP contribution in [0.1, 0.15) is 12.8 Å². The number of rotatable bonds is 6. The van der Waals surface area contributed by atoms with Crippen molar-refractivity contribution < 1.29 is 4.42 Å². The molecule has 2 heterocycles. The minimum atomic E-state index is 0.632. The third-order valence-corrected chi connectivity index (χ3v) is 7.13. The molecule has 0 N–H and O–H groups in total. The summed E-state index contributed by atoms with van der Waals surface area (Å²) in [7, 11) is 0. The summed E-state index contributed by atoms with van der Waals surface area (Å²) in [6, 6.07) is 43.2. The molecular weight excluding hydrogens is 504 g/mol. The van der Waals surface area contributed by atoms with Crippen LogP contribution in [0.5, 0.6) is 0 Å². The molecule has 0 aliphatic heterocycles. The number of hydrogen-bond acceptors (Lipinski definition) is 5. The first-order chi connectivity index (χ1) is 20.2. The second-order valence-electron chi connectivity index (χ2n) is 9.84. The van der Waals surface area contributed by atoms with Crippen LogP contribution in [0, 0.1) is 0 Å². The van der Waals surface area contributed by atoms with Crippen molar-refractivity contribution in [3.05, 3.63) is 133 Å². The van der Waals surface area contributed by atoms with E-state index in [0.29, 0.717) is 17.5 Å². The molecular formula is C36H26N4O. The number of aryl methyl sites for hydroxylation is 1. The highest BCUT2D eigenvalue weighted by atomic mass is 16.3. The molecule has 5 aromatic carbocycles. The Morgan fingerprint density at radius 2 is 0.854 bits per heavy atom. The normalized spacial score (nSPS) is 11.1. The second-order valence-corrected chi connectivity index (χ2v) is 9.84. The van der Waals surface area contributed by atoms with E-state index >= 15 is 0 Å². The highest BCUT2D eigenvalue weighted by Crippen LogP contribution is 2.30. The Labute approximate surface area is 238 Å². The fourth-order valence-corrected chi connectivity index (χ4v) is 4.91. The smallest absolute Gasteiger partial charge is 0.195 e. The van der Waals surface area contributed by atoms with E-state index in [1.165, 1.54) is 5.56 Å². The minimum absolute atomic E-state index is 0.632. The molecule has 0 radical (unpaired) electrons. The van der Waals surface area contributed by atoms with Crippen LogP contribution in [0.25, 0.3) is 67.5 Å². The summed E-state index contributed by atoms with van der Waals surface area (Å²) in [6.07, 6.45) is 0.773. The lowest BCUT2D eigenvalue weighted by Gasteiger charge is -2.10. The maximum absolute atomic E-state index is 5.78. The number of nitrogens with zero attached hydrogens (tertiary/aromatic N) is 4. The van der Waals surface area contributed by atoms with E-state index in [2.05, 4.69) is 77.8 Å². The molecule has 0 unspecified atom stereocenters. The Balaban J connectivity index is 1.26. The highest BCUT2D eigenvalue weighted by Gasteiger charge is 2.13. The van der Waals surface area contributed by atoms with Crippen molar-refractivity contribution in [2.24, 2.45) is 0 Å². The molecule has 5 heteroatoms. The van der Waals surface area contributed by atoms with Gasteiger partial charge in [0, 0.05) is 23.1 Å². The zero-order valence-corrected chi connectivity index (χ0v) is 22.5. The molecule has 0 spiro atoms. The van der Waals surface area contributed by atoms with Crippen molar-refractivity contribution in [2.45, 2.75) is 13.3 Å². The maximum Gasteiger partial charge on any atom is 0.195 e. The molecule has 0 bridgehead atoms. The van der Waals surface area contributed by atoms with E-state index in [-0.39, 0.29) is 0 Å². The predicted molar refractivity (Wildman–Crippen MR) is 164 cm³/mol. The highest BCUT2D eigenvalue weighted by molar-refractivity contribution is 5.81. The van der Waals surface area contributed by atoms with E-state index < -0.39 is 0 Å². The van der Waals surface area contributed by atoms with Gasteiger partial charge in [0.1, 0.15) is 5.52 Å². The summed E-state index contributed by atoms with van der Waals surface area (Å²) >= 11 is 0. The fourth-order valence-electron chi connectivity index (χ4n) is 4.91. The molecule has 0 fully saturated rings. The molecule has 7 rings (SSSR count). The van der Waals surface area contributed by atoms with Gasteiger partial charge < -0.3 is 4.42 Å². The van der Waals surface area contributed by atoms with Gasteiger partial charge in [-0.2, -0.15) is 0 Å². The van der Waals surface area contributed by atoms with Crippen LogP contribution in [0.15, 0.2) is 132 Å². The summed E-state index contributed by atoms with van der Waals surface area (Å²) in [5.74, 6) is 2.67. The van der Waals surface area contributed by atoms with Crippen LogP contribution >= 0.6 is 0 Å². The predicted octanol–water partition coefficient (Wildman–Crippen LogP) is 8.91. The topological polar surface area (TPSA) is 64.7 Å². The number of aromatic nitrogens is 4. The first kappa shape index (κ1) is 24.6. The first-order valence-electron chi connectivity index (χ1n) is 13.7. The van der Waals surface area contributed by atoms with E-state index in [1.807, 2.05) is 61.5 Å². The summed E-state index contributed by atoms with van der Waals surface area (Å²) in [5.41, 5.74) is 8.99. The van der Waals surface area contributed by atoms with E-state index in [1.54, 1.807) is 0 Å². The zero-order valence-electron chi connectivity index (χ0n) is 22.5. The molecule has 196 valence electrons. The Bertz CT molecular complexity index is 1950. The molecule has 0 saturated heterocycles. The van der Waals surface area contributed by atoms with Gasteiger partial charge in [-0.3, -0.25) is 0 Å². The van der Waals surface area contributed by atoms with Gasteiger partial charge in [0.2, 0.25) is 0 Å². The molecule has 2 aromatic heterocycles. The van der Waals surface area contributed by atoms with Gasteiger partial charge in [0.15, 0.2) is 28.9 Å². The fraction of sp³-hybridized carbons (Fsp3) is 0.0556. The molecule has 7 aromatic rings. The van der Waals surface area contributed by atoms with E-state index in [9.17, 15) is 0 Å². The van der Waals surface area contributed by atoms with Crippen LogP contribution in [-0.4, -0.2) is 19.9 Å². The van der Waals surface area contributed by atoms with Crippen LogP contribution < -0.4 is 0 Å². The van der Waals surface area contributed by atoms with Crippen molar-refractivity contribution in [2.75, 3.05) is 0 Å². The van der Waals surface area contributed by atoms with Gasteiger partial charge in [0.25, 0.3) is 0 Å². The number of oxazole rings is 1. The maximum atomic E-state index is 5.78. The SMILES string of the molecule is CCc1nc2cc(-c3ccc(-c4nc(-c5ccccc5)nc(-c5ccc(-c6ccccc6)cc5)n4)cc3)ccc2o1. The van der Waals surface area contributed by atoms with Crippen LogP contribution in [0.4, 0.5) is 0 Å². The Hall–Kier alpha value is -5.42. The standard InChI is InChI=1S/C36H26N4O/c1-2-33-37-31-23-30(21-22-32(31)41-33)26-15-19-29(20-16-26)36-39-34(27-11-7-4-8-12-27)38-35(40-36)28-17-13-25(14-18-28)24-9-5-3-6-10-24/h3-23H,2H2,1H3. The van der Waals surface area contributed by atoms with Crippen molar-refractivity contribution in [3.63, 3.8) is 0 Å². The summed E-state index contributed by atoms with van der Waals surface area (Å²) in [4.78, 5) is 19.2. The lowest BCUT2D eigenvalue weighted by molar-refractivity contribution is 0.538. The van der Waals surface area contributed by atoms with Gasteiger partial charge in [-0.1, -0.05) is 122 Å². The van der Waals surface area contributed by atoms with Gasteiger partial charge in [0.05, 0.1) is 0 Å². The molecule has 0 aliphatic rings. The van der Waals surface area contributed by atoms with Gasteiger partial charge in [-0.25, -0.2) is 19.9 Å². The quantitative estimate of drug-likeness (QED) is 0.215. The van der Waals surface area contributed by atoms with E-state index in [4.69, 9.17) is 19.4 Å². The molecule has 0 amide bonds. The van der Waals surface area contributed by atoms with Gasteiger partial charge in [-0.15, -0.1) is 0 Å². The number of fused-ring (bicyclic) bond motifs is 1. The Kier molecular flexibility index (Phi) is 6.38. The van der Waals surface area contributed by atoms with Gasteiger partial charge in [-0.05, 0) is 34.4 Å². The molecule has 0 atom stereocenters. The van der Waals surface area contributed by atoms with Crippen molar-refractivity contribution in [3.8, 4) is 56.4 Å². The van der Waals surface area contributed by atoms with Crippen molar-refractivity contribution in [1.82, 2.24) is 19.9 Å². The number of hydrogen-bond donors (Lipinski definition) is 0. The second kappa shape index (κ2) is 10.6. The van der Waals surface area contributed by atoms with Crippen molar-refractivity contribution >= 4 is 11.1 Å². The lowest BCUT2D eigenvalue weighted by atomic mass is 10.0. The summed E-state index contributed by atoms with van der Waals surface area (Å²) in [6.45, 7) is 2.04. The zero-order chi connectivity index (χ0) is 27.6. The Morgan fingerprint density at radius 3 is 1.39 bits per heavy atom. The van der Waals surface area contributed by atoms with Crippen LogP contribution in [0.3, 0.4) is 0 Å². The van der Waals surface area contributed by atoms with Crippen molar-refractivity contribution in [1.29, 1.82) is 0 Å². The van der Waals surface area contributed by atoms with E-state index in [0.717, 1.165) is 56.8 Å². The Morgan fingerprint density at radius 1 is 0.439 bits per heavy atom. The third-order valence-electron chi connectivity index (χ3n) is 7.13. The molecule has 0 aliphatic carbocycles. The average Bonchev–Trinajstić information content (AvgIpc) is 3.48. The van der Waals surface area contributed by atoms with Crippen LogP contribution in [-0.2, 0) is 6.42 Å². The molecule has 5 nitrogen and oxygen atoms in total. The third kappa shape index (κ3) is 5.01. The first-order valence-corrected chi connectivity index (χ1v) is 13.7. The minimum Gasteiger partial charge on any atom is -0.441 e. The molecule has 41 heavy (non-hydrogen) atoms. The summed E-state index contributed by atoms with van der Waals surface area (Å²) < 4.78 is 5.78. The largest absolute Gasteiger partial charge is 0.441 e. The lowest BCUT2D eigenvalue weighted by Crippen LogP contribution is -2.00. The van der Waals surface area contributed by atoms with Crippen LogP contribution in [0.2, 0.25) is 0 Å². The average molecular weight is 531 g/mol. The molecule has 0 saturated carbocycles.